The van der Waals surface area contributed by atoms with E-state index in [4.69, 9.17) is 0 Å². The number of halogens is 1. The molecule has 2 aromatic heterocycles. The molecule has 0 aliphatic carbocycles. The van der Waals surface area contributed by atoms with Crippen molar-refractivity contribution in [3.63, 3.8) is 0 Å². The van der Waals surface area contributed by atoms with Gasteiger partial charge in [0.05, 0.1) is 0 Å². The monoisotopic (exact) mass is 384 g/mol. The average molecular weight is 385 g/mol. The number of guanidine groups is 1. The van der Waals surface area contributed by atoms with Crippen LogP contribution < -0.4 is 10.6 Å². The number of benzene rings is 1. The summed E-state index contributed by atoms with van der Waals surface area (Å²) in [6, 6.07) is 4.84. The van der Waals surface area contributed by atoms with Crippen LogP contribution in [0.2, 0.25) is 0 Å². The Labute approximate surface area is 165 Å². The number of hydrogen-bond donors (Lipinski definition) is 3. The van der Waals surface area contributed by atoms with Gasteiger partial charge in [-0.25, -0.2) is 9.37 Å². The van der Waals surface area contributed by atoms with Crippen molar-refractivity contribution < 1.29 is 4.39 Å². The fourth-order valence-electron chi connectivity index (χ4n) is 3.24. The standard InChI is InChI=1S/C21H29FN6/c1-3-23-21(25-9-4-5-12-28-13-11-24-16(28)2)26-10-8-17-15-27-20-7-6-18(22)14-19(17)20/h6-7,11,13-15,27H,3-5,8-10,12H2,1-2H3,(H2,23,25,26). The summed E-state index contributed by atoms with van der Waals surface area (Å²) < 4.78 is 15.7. The SMILES string of the molecule is CCNC(=NCCCCn1ccnc1C)NCCc1c[nH]c2ccc(F)cc12. The van der Waals surface area contributed by atoms with Crippen LogP contribution in [0, 0.1) is 12.7 Å². The summed E-state index contributed by atoms with van der Waals surface area (Å²) in [5.41, 5.74) is 2.07. The zero-order valence-corrected chi connectivity index (χ0v) is 16.6. The predicted octanol–water partition coefficient (Wildman–Crippen LogP) is 3.39. The van der Waals surface area contributed by atoms with Crippen molar-refractivity contribution in [2.75, 3.05) is 19.6 Å². The van der Waals surface area contributed by atoms with E-state index in [1.165, 1.54) is 6.07 Å². The summed E-state index contributed by atoms with van der Waals surface area (Å²) in [4.78, 5) is 12.1. The Morgan fingerprint density at radius 2 is 2.18 bits per heavy atom. The third-order valence-corrected chi connectivity index (χ3v) is 4.76. The van der Waals surface area contributed by atoms with E-state index in [0.717, 1.165) is 73.7 Å². The van der Waals surface area contributed by atoms with Gasteiger partial charge in [0.1, 0.15) is 11.6 Å². The van der Waals surface area contributed by atoms with Crippen molar-refractivity contribution in [1.29, 1.82) is 0 Å². The highest BCUT2D eigenvalue weighted by molar-refractivity contribution is 5.83. The maximum atomic E-state index is 13.5. The second-order valence-electron chi connectivity index (χ2n) is 6.82. The van der Waals surface area contributed by atoms with E-state index in [1.807, 2.05) is 25.5 Å². The number of rotatable bonds is 9. The van der Waals surface area contributed by atoms with Gasteiger partial charge >= 0.3 is 0 Å². The molecule has 3 N–H and O–H groups in total. The van der Waals surface area contributed by atoms with Gasteiger partial charge < -0.3 is 20.2 Å². The van der Waals surface area contributed by atoms with Crippen LogP contribution in [-0.2, 0) is 13.0 Å². The molecule has 0 bridgehead atoms. The Morgan fingerprint density at radius 3 is 2.96 bits per heavy atom. The highest BCUT2D eigenvalue weighted by Gasteiger charge is 2.05. The van der Waals surface area contributed by atoms with Gasteiger partial charge in [0.2, 0.25) is 0 Å². The molecule has 0 saturated carbocycles. The van der Waals surface area contributed by atoms with Crippen LogP contribution in [-0.4, -0.2) is 40.1 Å². The van der Waals surface area contributed by atoms with Crippen molar-refractivity contribution >= 4 is 16.9 Å². The van der Waals surface area contributed by atoms with Crippen LogP contribution in [0.1, 0.15) is 31.2 Å². The lowest BCUT2D eigenvalue weighted by atomic mass is 10.1. The van der Waals surface area contributed by atoms with Crippen LogP contribution >= 0.6 is 0 Å². The summed E-state index contributed by atoms with van der Waals surface area (Å²) in [7, 11) is 0. The molecular weight excluding hydrogens is 355 g/mol. The molecule has 6 nitrogen and oxygen atoms in total. The third kappa shape index (κ3) is 5.34. The number of aromatic nitrogens is 3. The number of hydrogen-bond acceptors (Lipinski definition) is 2. The lowest BCUT2D eigenvalue weighted by Gasteiger charge is -2.11. The molecular formula is C21H29FN6. The van der Waals surface area contributed by atoms with Crippen LogP contribution in [0.3, 0.4) is 0 Å². The predicted molar refractivity (Wildman–Crippen MR) is 112 cm³/mol. The smallest absolute Gasteiger partial charge is 0.191 e. The molecule has 0 fully saturated rings. The van der Waals surface area contributed by atoms with Gasteiger partial charge in [-0.05, 0) is 56.9 Å². The van der Waals surface area contributed by atoms with Crippen molar-refractivity contribution in [3.05, 3.63) is 54.0 Å². The Bertz CT molecular complexity index is 911. The highest BCUT2D eigenvalue weighted by atomic mass is 19.1. The highest BCUT2D eigenvalue weighted by Crippen LogP contribution is 2.19. The van der Waals surface area contributed by atoms with Crippen molar-refractivity contribution in [2.45, 2.75) is 39.7 Å². The van der Waals surface area contributed by atoms with E-state index in [-0.39, 0.29) is 5.82 Å². The molecule has 1 aromatic carbocycles. The van der Waals surface area contributed by atoms with Crippen molar-refractivity contribution in [3.8, 4) is 0 Å². The number of nitrogens with zero attached hydrogens (tertiary/aromatic N) is 3. The van der Waals surface area contributed by atoms with E-state index in [0.29, 0.717) is 0 Å². The molecule has 0 radical (unpaired) electrons. The van der Waals surface area contributed by atoms with E-state index >= 15 is 0 Å². The topological polar surface area (TPSA) is 70.0 Å². The number of nitrogens with one attached hydrogen (secondary N) is 3. The lowest BCUT2D eigenvalue weighted by Crippen LogP contribution is -2.38. The Hall–Kier alpha value is -2.83. The number of fused-ring (bicyclic) bond motifs is 1. The largest absolute Gasteiger partial charge is 0.361 e. The van der Waals surface area contributed by atoms with E-state index in [9.17, 15) is 4.39 Å². The fourth-order valence-corrected chi connectivity index (χ4v) is 3.24. The Kier molecular flexibility index (Phi) is 7.06. The Morgan fingerprint density at radius 1 is 1.29 bits per heavy atom. The summed E-state index contributed by atoms with van der Waals surface area (Å²) in [5.74, 6) is 1.67. The first-order chi connectivity index (χ1) is 13.7. The van der Waals surface area contributed by atoms with Gasteiger partial charge in [-0.15, -0.1) is 0 Å². The van der Waals surface area contributed by atoms with Crippen LogP contribution in [0.25, 0.3) is 10.9 Å². The summed E-state index contributed by atoms with van der Waals surface area (Å²) in [6.07, 6.45) is 8.70. The lowest BCUT2D eigenvalue weighted by molar-refractivity contribution is 0.600. The number of unbranched alkanes of at least 4 members (excludes halogenated alkanes) is 1. The molecule has 0 unspecified atom stereocenters. The first-order valence-electron chi connectivity index (χ1n) is 9.93. The summed E-state index contributed by atoms with van der Waals surface area (Å²) in [5, 5.41) is 7.59. The van der Waals surface area contributed by atoms with Gasteiger partial charge in [0.15, 0.2) is 5.96 Å². The third-order valence-electron chi connectivity index (χ3n) is 4.76. The molecule has 2 heterocycles. The minimum Gasteiger partial charge on any atom is -0.361 e. The molecule has 3 rings (SSSR count). The maximum absolute atomic E-state index is 13.5. The zero-order valence-electron chi connectivity index (χ0n) is 16.6. The van der Waals surface area contributed by atoms with Gasteiger partial charge in [-0.2, -0.15) is 0 Å². The van der Waals surface area contributed by atoms with E-state index < -0.39 is 0 Å². The van der Waals surface area contributed by atoms with Crippen LogP contribution in [0.5, 0.6) is 0 Å². The van der Waals surface area contributed by atoms with Crippen LogP contribution in [0.15, 0.2) is 41.8 Å². The van der Waals surface area contributed by atoms with E-state index in [1.54, 1.807) is 12.1 Å². The minimum atomic E-state index is -0.206. The summed E-state index contributed by atoms with van der Waals surface area (Å²) >= 11 is 0. The number of aryl methyl sites for hydroxylation is 2. The van der Waals surface area contributed by atoms with Crippen molar-refractivity contribution in [2.24, 2.45) is 4.99 Å². The fraction of sp³-hybridized carbons (Fsp3) is 0.429. The number of imidazole rings is 1. The molecule has 150 valence electrons. The molecule has 0 aliphatic rings. The van der Waals surface area contributed by atoms with Gasteiger partial charge in [-0.3, -0.25) is 4.99 Å². The molecule has 0 spiro atoms. The van der Waals surface area contributed by atoms with E-state index in [2.05, 4.69) is 37.1 Å². The number of aliphatic imine (C=N–C) groups is 1. The second kappa shape index (κ2) is 9.92. The quantitative estimate of drug-likeness (QED) is 0.301. The van der Waals surface area contributed by atoms with Gasteiger partial charge in [0.25, 0.3) is 0 Å². The molecule has 3 aromatic rings. The van der Waals surface area contributed by atoms with Gasteiger partial charge in [-0.1, -0.05) is 0 Å². The maximum Gasteiger partial charge on any atom is 0.191 e. The molecule has 28 heavy (non-hydrogen) atoms. The molecule has 0 aliphatic heterocycles. The first kappa shape index (κ1) is 19.9. The molecule has 0 saturated heterocycles. The first-order valence-corrected chi connectivity index (χ1v) is 9.93. The Balaban J connectivity index is 1.45. The van der Waals surface area contributed by atoms with Gasteiger partial charge in [0, 0.05) is 55.7 Å². The second-order valence-corrected chi connectivity index (χ2v) is 6.82. The molecule has 0 atom stereocenters. The average Bonchev–Trinajstić information content (AvgIpc) is 3.27. The zero-order chi connectivity index (χ0) is 19.8. The minimum absolute atomic E-state index is 0.206. The van der Waals surface area contributed by atoms with Crippen molar-refractivity contribution in [1.82, 2.24) is 25.2 Å². The normalized spacial score (nSPS) is 11.9. The number of H-pyrrole nitrogens is 1. The number of aromatic amines is 1. The van der Waals surface area contributed by atoms with Crippen LogP contribution in [0.4, 0.5) is 4.39 Å². The summed E-state index contributed by atoms with van der Waals surface area (Å²) in [6.45, 7) is 7.39. The molecule has 7 heteroatoms. The molecule has 0 amide bonds.